The van der Waals surface area contributed by atoms with E-state index in [0.717, 1.165) is 5.69 Å². The number of rotatable bonds is 7. The molecule has 0 spiro atoms. The number of hydrogen-bond acceptors (Lipinski definition) is 4. The standard InChI is InChI=1S/C20H30N4O2/c1-13(2)15-6-8-16(9-7-15)24-12-18(25)19(22-24)20(26)23(5)11-10-17(21)14(3)4/h6-9,12-14,17,25H,10-11,21H2,1-5H3. The van der Waals surface area contributed by atoms with Gasteiger partial charge < -0.3 is 15.7 Å². The molecule has 1 aromatic heterocycles. The van der Waals surface area contributed by atoms with Crippen LogP contribution in [-0.2, 0) is 0 Å². The van der Waals surface area contributed by atoms with Gasteiger partial charge in [0.1, 0.15) is 0 Å². The van der Waals surface area contributed by atoms with Crippen molar-refractivity contribution in [1.29, 1.82) is 0 Å². The summed E-state index contributed by atoms with van der Waals surface area (Å²) in [6.45, 7) is 8.90. The summed E-state index contributed by atoms with van der Waals surface area (Å²) in [4.78, 5) is 14.1. The van der Waals surface area contributed by atoms with Gasteiger partial charge in [-0.2, -0.15) is 5.10 Å². The van der Waals surface area contributed by atoms with Crippen LogP contribution in [0.1, 0.15) is 56.1 Å². The molecule has 6 heteroatoms. The Morgan fingerprint density at radius 2 is 1.85 bits per heavy atom. The molecule has 1 heterocycles. The maximum absolute atomic E-state index is 12.6. The van der Waals surface area contributed by atoms with Crippen molar-refractivity contribution in [2.75, 3.05) is 13.6 Å². The zero-order valence-electron chi connectivity index (χ0n) is 16.3. The topological polar surface area (TPSA) is 84.4 Å². The Morgan fingerprint density at radius 3 is 2.38 bits per heavy atom. The lowest BCUT2D eigenvalue weighted by atomic mass is 10.0. The van der Waals surface area contributed by atoms with Crippen LogP contribution in [0.5, 0.6) is 5.75 Å². The molecule has 2 rings (SSSR count). The number of amides is 1. The number of carbonyl (C=O) groups is 1. The lowest BCUT2D eigenvalue weighted by Crippen LogP contribution is -2.34. The predicted octanol–water partition coefficient (Wildman–Crippen LogP) is 3.15. The summed E-state index contributed by atoms with van der Waals surface area (Å²) >= 11 is 0. The summed E-state index contributed by atoms with van der Waals surface area (Å²) < 4.78 is 1.53. The quantitative estimate of drug-likeness (QED) is 0.796. The van der Waals surface area contributed by atoms with Crippen LogP contribution < -0.4 is 5.73 Å². The van der Waals surface area contributed by atoms with Gasteiger partial charge in [-0.1, -0.05) is 39.8 Å². The van der Waals surface area contributed by atoms with E-state index in [1.165, 1.54) is 16.4 Å². The Bertz CT molecular complexity index is 735. The molecule has 0 aliphatic heterocycles. The molecule has 26 heavy (non-hydrogen) atoms. The second kappa shape index (κ2) is 8.36. The third-order valence-corrected chi connectivity index (χ3v) is 4.72. The molecular weight excluding hydrogens is 328 g/mol. The summed E-state index contributed by atoms with van der Waals surface area (Å²) in [6, 6.07) is 7.96. The fourth-order valence-electron chi connectivity index (χ4n) is 2.62. The molecule has 0 bridgehead atoms. The summed E-state index contributed by atoms with van der Waals surface area (Å²) in [5.41, 5.74) is 8.12. The summed E-state index contributed by atoms with van der Waals surface area (Å²) in [7, 11) is 1.70. The van der Waals surface area contributed by atoms with E-state index in [4.69, 9.17) is 5.73 Å². The molecule has 1 atom stereocenters. The molecule has 2 aromatic rings. The van der Waals surface area contributed by atoms with Crippen LogP contribution in [0.25, 0.3) is 5.69 Å². The fraction of sp³-hybridized carbons (Fsp3) is 0.500. The van der Waals surface area contributed by atoms with Crippen LogP contribution in [0.15, 0.2) is 30.5 Å². The highest BCUT2D eigenvalue weighted by molar-refractivity contribution is 5.94. The van der Waals surface area contributed by atoms with E-state index in [1.54, 1.807) is 11.9 Å². The molecule has 0 aliphatic carbocycles. The molecule has 6 nitrogen and oxygen atoms in total. The molecule has 0 fully saturated rings. The Morgan fingerprint density at radius 1 is 1.23 bits per heavy atom. The van der Waals surface area contributed by atoms with Crippen molar-refractivity contribution in [3.8, 4) is 11.4 Å². The maximum Gasteiger partial charge on any atom is 0.277 e. The first kappa shape index (κ1) is 20.0. The van der Waals surface area contributed by atoms with Crippen molar-refractivity contribution in [3.05, 3.63) is 41.7 Å². The third kappa shape index (κ3) is 4.64. The number of aromatic nitrogens is 2. The van der Waals surface area contributed by atoms with Crippen LogP contribution in [0.4, 0.5) is 0 Å². The second-order valence-electron chi connectivity index (χ2n) is 7.48. The Balaban J connectivity index is 2.12. The maximum atomic E-state index is 12.6. The Kier molecular flexibility index (Phi) is 6.42. The average Bonchev–Trinajstić information content (AvgIpc) is 3.00. The number of carbonyl (C=O) groups excluding carboxylic acids is 1. The first-order chi connectivity index (χ1) is 12.2. The van der Waals surface area contributed by atoms with E-state index < -0.39 is 0 Å². The van der Waals surface area contributed by atoms with Crippen molar-refractivity contribution < 1.29 is 9.90 Å². The molecule has 0 radical (unpaired) electrons. The lowest BCUT2D eigenvalue weighted by Gasteiger charge is -2.20. The van der Waals surface area contributed by atoms with Gasteiger partial charge in [0.05, 0.1) is 11.9 Å². The van der Waals surface area contributed by atoms with Crippen LogP contribution in [0, 0.1) is 5.92 Å². The Hall–Kier alpha value is -2.34. The molecule has 0 saturated carbocycles. The fourth-order valence-corrected chi connectivity index (χ4v) is 2.62. The largest absolute Gasteiger partial charge is 0.504 e. The van der Waals surface area contributed by atoms with Crippen LogP contribution in [0.2, 0.25) is 0 Å². The van der Waals surface area contributed by atoms with Crippen molar-refractivity contribution in [2.45, 2.75) is 46.1 Å². The van der Waals surface area contributed by atoms with Gasteiger partial charge in [-0.05, 0) is 36.0 Å². The normalized spacial score (nSPS) is 12.6. The number of hydrogen-bond donors (Lipinski definition) is 2. The zero-order chi connectivity index (χ0) is 19.4. The zero-order valence-corrected chi connectivity index (χ0v) is 16.3. The van der Waals surface area contributed by atoms with Gasteiger partial charge in [-0.25, -0.2) is 4.68 Å². The number of nitrogens with zero attached hydrogens (tertiary/aromatic N) is 3. The van der Waals surface area contributed by atoms with Crippen molar-refractivity contribution >= 4 is 5.91 Å². The molecule has 1 amide bonds. The summed E-state index contributed by atoms with van der Waals surface area (Å²) in [5.74, 6) is 0.372. The molecular formula is C20H30N4O2. The first-order valence-corrected chi connectivity index (χ1v) is 9.10. The van der Waals surface area contributed by atoms with Crippen LogP contribution in [0.3, 0.4) is 0 Å². The van der Waals surface area contributed by atoms with E-state index in [0.29, 0.717) is 24.8 Å². The van der Waals surface area contributed by atoms with E-state index in [1.807, 2.05) is 24.3 Å². The number of aromatic hydroxyl groups is 1. The SMILES string of the molecule is CC(C)c1ccc(-n2cc(O)c(C(=O)N(C)CCC(N)C(C)C)n2)cc1. The monoisotopic (exact) mass is 358 g/mol. The van der Waals surface area contributed by atoms with Gasteiger partial charge in [-0.3, -0.25) is 4.79 Å². The number of benzene rings is 1. The van der Waals surface area contributed by atoms with Gasteiger partial charge in [0.15, 0.2) is 11.4 Å². The van der Waals surface area contributed by atoms with Crippen LogP contribution in [-0.4, -0.2) is 45.3 Å². The van der Waals surface area contributed by atoms with Crippen LogP contribution >= 0.6 is 0 Å². The highest BCUT2D eigenvalue weighted by Gasteiger charge is 2.21. The third-order valence-electron chi connectivity index (χ3n) is 4.72. The van der Waals surface area contributed by atoms with E-state index in [-0.39, 0.29) is 23.4 Å². The highest BCUT2D eigenvalue weighted by atomic mass is 16.3. The van der Waals surface area contributed by atoms with E-state index in [9.17, 15) is 9.90 Å². The number of nitrogens with two attached hydrogens (primary N) is 1. The van der Waals surface area contributed by atoms with E-state index >= 15 is 0 Å². The van der Waals surface area contributed by atoms with Gasteiger partial charge in [0.25, 0.3) is 5.91 Å². The molecule has 142 valence electrons. The van der Waals surface area contributed by atoms with Gasteiger partial charge >= 0.3 is 0 Å². The lowest BCUT2D eigenvalue weighted by molar-refractivity contribution is 0.0780. The molecule has 3 N–H and O–H groups in total. The van der Waals surface area contributed by atoms with Crippen molar-refractivity contribution in [3.63, 3.8) is 0 Å². The Labute approximate surface area is 155 Å². The summed E-state index contributed by atoms with van der Waals surface area (Å²) in [6.07, 6.45) is 2.17. The predicted molar refractivity (Wildman–Crippen MR) is 104 cm³/mol. The molecule has 0 aliphatic rings. The van der Waals surface area contributed by atoms with Crippen molar-refractivity contribution in [1.82, 2.24) is 14.7 Å². The van der Waals surface area contributed by atoms with Gasteiger partial charge in [-0.15, -0.1) is 0 Å². The molecule has 1 aromatic carbocycles. The second-order valence-corrected chi connectivity index (χ2v) is 7.48. The van der Waals surface area contributed by atoms with Gasteiger partial charge in [0, 0.05) is 19.6 Å². The average molecular weight is 358 g/mol. The molecule has 0 saturated heterocycles. The highest BCUT2D eigenvalue weighted by Crippen LogP contribution is 2.21. The summed E-state index contributed by atoms with van der Waals surface area (Å²) in [5, 5.41) is 14.4. The molecule has 1 unspecified atom stereocenters. The van der Waals surface area contributed by atoms with Crippen molar-refractivity contribution in [2.24, 2.45) is 11.7 Å². The minimum absolute atomic E-state index is 0.0378. The van der Waals surface area contributed by atoms with Gasteiger partial charge in [0.2, 0.25) is 0 Å². The first-order valence-electron chi connectivity index (χ1n) is 9.10. The smallest absolute Gasteiger partial charge is 0.277 e. The minimum atomic E-state index is -0.309. The van der Waals surface area contributed by atoms with E-state index in [2.05, 4.69) is 32.8 Å². The minimum Gasteiger partial charge on any atom is -0.504 e.